The predicted molar refractivity (Wildman–Crippen MR) is 143 cm³/mol. The van der Waals surface area contributed by atoms with Crippen LogP contribution in [0.3, 0.4) is 0 Å². The summed E-state index contributed by atoms with van der Waals surface area (Å²) in [5, 5.41) is 0. The Bertz CT molecular complexity index is 1070. The fourth-order valence-corrected chi connectivity index (χ4v) is 5.19. The highest BCUT2D eigenvalue weighted by molar-refractivity contribution is 5.67. The quantitative estimate of drug-likeness (QED) is 0.376. The number of rotatable bonds is 9. The zero-order valence-corrected chi connectivity index (χ0v) is 20.3. The summed E-state index contributed by atoms with van der Waals surface area (Å²) in [5.74, 6) is 1.73. The van der Waals surface area contributed by atoms with E-state index in [1.807, 2.05) is 0 Å². The molecule has 1 unspecified atom stereocenters. The zero-order valence-electron chi connectivity index (χ0n) is 20.3. The normalized spacial score (nSPS) is 14.9. The summed E-state index contributed by atoms with van der Waals surface area (Å²) in [6.45, 7) is 6.05. The molecule has 3 aromatic rings. The molecule has 4 rings (SSSR count). The first-order chi connectivity index (χ1) is 16.6. The number of benzene rings is 3. The van der Waals surface area contributed by atoms with Gasteiger partial charge in [0.05, 0.1) is 5.41 Å². The summed E-state index contributed by atoms with van der Waals surface area (Å²) < 4.78 is 0. The standard InChI is InChI=1S/C31H36N3/c1-3-22(2)29-14-7-15-30(29)31(26-11-4-8-23(16-26)19-32,27-12-5-9-24(17-27)20-33)28-13-6-10-25(18-28)21-34/h4-18,22H,3,19-21,32-34H2,1-2H3. The molecule has 0 amide bonds. The van der Waals surface area contributed by atoms with Crippen molar-refractivity contribution in [1.29, 1.82) is 0 Å². The molecular formula is C31H36N3. The molecule has 0 heterocycles. The molecular weight excluding hydrogens is 414 g/mol. The zero-order chi connectivity index (χ0) is 24.1. The fraction of sp³-hybridized carbons (Fsp3) is 0.258. The Labute approximate surface area is 204 Å². The van der Waals surface area contributed by atoms with Crippen LogP contribution < -0.4 is 17.2 Å². The molecule has 3 nitrogen and oxygen atoms in total. The molecule has 1 aliphatic carbocycles. The van der Waals surface area contributed by atoms with Gasteiger partial charge in [0.2, 0.25) is 0 Å². The lowest BCUT2D eigenvalue weighted by molar-refractivity contribution is 0.591. The summed E-state index contributed by atoms with van der Waals surface area (Å²) in [6, 6.07) is 26.1. The summed E-state index contributed by atoms with van der Waals surface area (Å²) in [5.41, 5.74) is 26.1. The lowest BCUT2D eigenvalue weighted by Gasteiger charge is -2.43. The Hall–Kier alpha value is -2.98. The van der Waals surface area contributed by atoms with Gasteiger partial charge in [0.25, 0.3) is 0 Å². The first-order valence-corrected chi connectivity index (χ1v) is 12.2. The van der Waals surface area contributed by atoms with Crippen LogP contribution in [0.4, 0.5) is 0 Å². The Kier molecular flexibility index (Phi) is 7.47. The van der Waals surface area contributed by atoms with Gasteiger partial charge in [-0.3, -0.25) is 0 Å². The molecule has 0 bridgehead atoms. The lowest BCUT2D eigenvalue weighted by atomic mass is 9.58. The molecule has 1 radical (unpaired) electrons. The molecule has 175 valence electrons. The molecule has 0 aliphatic heterocycles. The van der Waals surface area contributed by atoms with Crippen molar-refractivity contribution in [3.05, 3.63) is 136 Å². The van der Waals surface area contributed by atoms with E-state index >= 15 is 0 Å². The van der Waals surface area contributed by atoms with Crippen LogP contribution >= 0.6 is 0 Å². The van der Waals surface area contributed by atoms with E-state index in [0.29, 0.717) is 25.6 Å². The van der Waals surface area contributed by atoms with Crippen molar-refractivity contribution in [2.45, 2.75) is 45.3 Å². The Morgan fingerprint density at radius 1 is 0.706 bits per heavy atom. The number of hydrogen-bond donors (Lipinski definition) is 3. The summed E-state index contributed by atoms with van der Waals surface area (Å²) in [6.07, 6.45) is 7.84. The second kappa shape index (κ2) is 10.5. The third-order valence-corrected chi connectivity index (χ3v) is 7.18. The minimum Gasteiger partial charge on any atom is -0.326 e. The smallest absolute Gasteiger partial charge is 0.0591 e. The third-order valence-electron chi connectivity index (χ3n) is 7.18. The van der Waals surface area contributed by atoms with Gasteiger partial charge in [0, 0.05) is 25.6 Å². The van der Waals surface area contributed by atoms with E-state index in [-0.39, 0.29) is 0 Å². The molecule has 0 spiro atoms. The average molecular weight is 451 g/mol. The largest absolute Gasteiger partial charge is 0.326 e. The molecule has 0 aromatic heterocycles. The Morgan fingerprint density at radius 3 is 1.53 bits per heavy atom. The van der Waals surface area contributed by atoms with E-state index < -0.39 is 5.41 Å². The maximum atomic E-state index is 6.12. The van der Waals surface area contributed by atoms with Crippen molar-refractivity contribution < 1.29 is 0 Å². The maximum Gasteiger partial charge on any atom is 0.0591 e. The van der Waals surface area contributed by atoms with Crippen molar-refractivity contribution in [3.63, 3.8) is 0 Å². The van der Waals surface area contributed by atoms with Crippen LogP contribution in [0.1, 0.15) is 53.6 Å². The average Bonchev–Trinajstić information content (AvgIpc) is 3.39. The van der Waals surface area contributed by atoms with Gasteiger partial charge in [-0.2, -0.15) is 0 Å². The SMILES string of the molecule is CCC(C)C1=CC=C[C]1C(c1cccc(CN)c1)(c1cccc(CN)c1)c1cccc(CN)c1. The highest BCUT2D eigenvalue weighted by Crippen LogP contribution is 2.53. The number of allylic oxidation sites excluding steroid dienone is 4. The van der Waals surface area contributed by atoms with Crippen molar-refractivity contribution in [1.82, 2.24) is 0 Å². The van der Waals surface area contributed by atoms with Crippen molar-refractivity contribution in [2.24, 2.45) is 23.1 Å². The molecule has 0 saturated carbocycles. The summed E-state index contributed by atoms with van der Waals surface area (Å²) in [7, 11) is 0. The van der Waals surface area contributed by atoms with Gasteiger partial charge < -0.3 is 17.2 Å². The minimum atomic E-state index is -0.524. The van der Waals surface area contributed by atoms with Gasteiger partial charge in [0.15, 0.2) is 0 Å². The number of hydrogen-bond acceptors (Lipinski definition) is 3. The van der Waals surface area contributed by atoms with Gasteiger partial charge in [0.1, 0.15) is 0 Å². The van der Waals surface area contributed by atoms with Crippen molar-refractivity contribution in [2.75, 3.05) is 0 Å². The van der Waals surface area contributed by atoms with Crippen LogP contribution in [0.25, 0.3) is 0 Å². The predicted octanol–water partition coefficient (Wildman–Crippen LogP) is 5.51. The van der Waals surface area contributed by atoms with Crippen LogP contribution in [0.15, 0.2) is 96.6 Å². The second-order valence-corrected chi connectivity index (χ2v) is 9.17. The van der Waals surface area contributed by atoms with Crippen LogP contribution in [0.5, 0.6) is 0 Å². The van der Waals surface area contributed by atoms with Crippen molar-refractivity contribution >= 4 is 0 Å². The first-order valence-electron chi connectivity index (χ1n) is 12.2. The monoisotopic (exact) mass is 450 g/mol. The first kappa shape index (κ1) is 24.2. The van der Waals surface area contributed by atoms with E-state index in [4.69, 9.17) is 17.2 Å². The highest BCUT2D eigenvalue weighted by atomic mass is 14.5. The topological polar surface area (TPSA) is 78.1 Å². The van der Waals surface area contributed by atoms with Gasteiger partial charge in [-0.05, 0) is 45.7 Å². The highest BCUT2D eigenvalue weighted by Gasteiger charge is 2.46. The number of nitrogens with two attached hydrogens (primary N) is 3. The molecule has 0 saturated heterocycles. The second-order valence-electron chi connectivity index (χ2n) is 9.17. The molecule has 3 aromatic carbocycles. The molecule has 1 atom stereocenters. The van der Waals surface area contributed by atoms with Gasteiger partial charge in [-0.15, -0.1) is 0 Å². The van der Waals surface area contributed by atoms with E-state index in [2.05, 4.69) is 105 Å². The van der Waals surface area contributed by atoms with E-state index in [1.165, 1.54) is 28.2 Å². The maximum absolute atomic E-state index is 6.12. The van der Waals surface area contributed by atoms with E-state index in [0.717, 1.165) is 23.1 Å². The van der Waals surface area contributed by atoms with Crippen LogP contribution in [-0.4, -0.2) is 0 Å². The van der Waals surface area contributed by atoms with Gasteiger partial charge >= 0.3 is 0 Å². The van der Waals surface area contributed by atoms with Crippen molar-refractivity contribution in [3.8, 4) is 0 Å². The molecule has 6 N–H and O–H groups in total. The lowest BCUT2D eigenvalue weighted by Crippen LogP contribution is -2.37. The minimum absolute atomic E-state index is 0.428. The van der Waals surface area contributed by atoms with Crippen LogP contribution in [0.2, 0.25) is 0 Å². The van der Waals surface area contributed by atoms with Gasteiger partial charge in [-0.25, -0.2) is 0 Å². The van der Waals surface area contributed by atoms with E-state index in [1.54, 1.807) is 0 Å². The molecule has 1 aliphatic rings. The Balaban J connectivity index is 2.12. The summed E-state index contributed by atoms with van der Waals surface area (Å²) in [4.78, 5) is 0. The summed E-state index contributed by atoms with van der Waals surface area (Å²) >= 11 is 0. The van der Waals surface area contributed by atoms with E-state index in [9.17, 15) is 0 Å². The fourth-order valence-electron chi connectivity index (χ4n) is 5.19. The van der Waals surface area contributed by atoms with Gasteiger partial charge in [-0.1, -0.05) is 110 Å². The Morgan fingerprint density at radius 2 is 1.15 bits per heavy atom. The van der Waals surface area contributed by atoms with Crippen LogP contribution in [0, 0.1) is 11.8 Å². The molecule has 0 fully saturated rings. The third kappa shape index (κ3) is 4.27. The molecule has 34 heavy (non-hydrogen) atoms. The van der Waals surface area contributed by atoms with Crippen LogP contribution in [-0.2, 0) is 25.0 Å². The molecule has 3 heteroatoms.